The number of nitrogens with one attached hydrogen (secondary N) is 1. The zero-order valence-corrected chi connectivity index (χ0v) is 16.7. The van der Waals surface area contributed by atoms with Gasteiger partial charge in [-0.3, -0.25) is 4.90 Å². The van der Waals surface area contributed by atoms with Gasteiger partial charge >= 0.3 is 6.03 Å². The van der Waals surface area contributed by atoms with Crippen molar-refractivity contribution in [3.8, 4) is 5.75 Å². The van der Waals surface area contributed by atoms with Crippen LogP contribution in [0.4, 0.5) is 16.2 Å². The molecule has 0 fully saturated rings. The SMILES string of the molecule is CC(C)Oc1ccc(CNC(=O)N2c3ccccc3Sc3ccccc32)cc1. The Hall–Kier alpha value is -2.92. The number of carbonyl (C=O) groups is 1. The molecule has 1 aliphatic rings. The summed E-state index contributed by atoms with van der Waals surface area (Å²) >= 11 is 1.69. The molecule has 0 atom stereocenters. The third kappa shape index (κ3) is 3.85. The maximum atomic E-state index is 13.1. The number of fused-ring (bicyclic) bond motifs is 2. The van der Waals surface area contributed by atoms with Gasteiger partial charge in [0.05, 0.1) is 17.5 Å². The Bertz CT molecular complexity index is 940. The fraction of sp³-hybridized carbons (Fsp3) is 0.174. The van der Waals surface area contributed by atoms with E-state index >= 15 is 0 Å². The molecule has 0 aromatic heterocycles. The van der Waals surface area contributed by atoms with Crippen LogP contribution in [0.1, 0.15) is 19.4 Å². The van der Waals surface area contributed by atoms with Gasteiger partial charge < -0.3 is 10.1 Å². The quantitative estimate of drug-likeness (QED) is 0.595. The van der Waals surface area contributed by atoms with Gasteiger partial charge in [-0.05, 0) is 55.8 Å². The van der Waals surface area contributed by atoms with Crippen LogP contribution in [0.5, 0.6) is 5.75 Å². The highest BCUT2D eigenvalue weighted by Gasteiger charge is 2.27. The maximum Gasteiger partial charge on any atom is 0.326 e. The average Bonchev–Trinajstić information content (AvgIpc) is 2.71. The number of para-hydroxylation sites is 2. The lowest BCUT2D eigenvalue weighted by Crippen LogP contribution is -2.37. The Morgan fingerprint density at radius 2 is 1.50 bits per heavy atom. The minimum absolute atomic E-state index is 0.136. The molecular weight excluding hydrogens is 368 g/mol. The van der Waals surface area contributed by atoms with Gasteiger partial charge in [0, 0.05) is 16.3 Å². The van der Waals surface area contributed by atoms with E-state index in [2.05, 4.69) is 5.32 Å². The molecule has 4 rings (SSSR count). The maximum absolute atomic E-state index is 13.1. The fourth-order valence-corrected chi connectivity index (χ4v) is 4.20. The van der Waals surface area contributed by atoms with Crippen molar-refractivity contribution in [1.29, 1.82) is 0 Å². The van der Waals surface area contributed by atoms with E-state index in [4.69, 9.17) is 4.74 Å². The molecule has 1 aliphatic heterocycles. The van der Waals surface area contributed by atoms with Crippen LogP contribution in [0.15, 0.2) is 82.6 Å². The number of hydrogen-bond acceptors (Lipinski definition) is 3. The van der Waals surface area contributed by atoms with Crippen LogP contribution in [-0.4, -0.2) is 12.1 Å². The number of nitrogens with zero attached hydrogens (tertiary/aromatic N) is 1. The second-order valence-corrected chi connectivity index (χ2v) is 7.93. The molecule has 0 aliphatic carbocycles. The lowest BCUT2D eigenvalue weighted by atomic mass is 10.2. The number of anilines is 2. The summed E-state index contributed by atoms with van der Waals surface area (Å²) in [5, 5.41) is 3.05. The van der Waals surface area contributed by atoms with E-state index in [0.29, 0.717) is 6.54 Å². The van der Waals surface area contributed by atoms with Gasteiger partial charge in [0.15, 0.2) is 0 Å². The molecule has 0 bridgehead atoms. The summed E-state index contributed by atoms with van der Waals surface area (Å²) in [6.45, 7) is 4.45. The lowest BCUT2D eigenvalue weighted by molar-refractivity contribution is 0.242. The van der Waals surface area contributed by atoms with Crippen LogP contribution in [-0.2, 0) is 6.54 Å². The van der Waals surface area contributed by atoms with Crippen molar-refractivity contribution in [3.63, 3.8) is 0 Å². The number of benzene rings is 3. The zero-order valence-electron chi connectivity index (χ0n) is 15.9. The van der Waals surface area contributed by atoms with E-state index in [1.807, 2.05) is 86.6 Å². The number of rotatable bonds is 4. The highest BCUT2D eigenvalue weighted by atomic mass is 32.2. The first-order valence-electron chi connectivity index (χ1n) is 9.31. The largest absolute Gasteiger partial charge is 0.491 e. The molecule has 3 aromatic rings. The van der Waals surface area contributed by atoms with Crippen LogP contribution < -0.4 is 15.0 Å². The second kappa shape index (κ2) is 7.98. The average molecular weight is 391 g/mol. The van der Waals surface area contributed by atoms with E-state index in [1.165, 1.54) is 0 Å². The number of carbonyl (C=O) groups excluding carboxylic acids is 1. The van der Waals surface area contributed by atoms with E-state index in [1.54, 1.807) is 16.7 Å². The molecule has 0 spiro atoms. The molecule has 0 radical (unpaired) electrons. The molecule has 0 saturated carbocycles. The Kier molecular flexibility index (Phi) is 5.26. The first-order chi connectivity index (χ1) is 13.6. The first kappa shape index (κ1) is 18.4. The van der Waals surface area contributed by atoms with Gasteiger partial charge in [-0.15, -0.1) is 0 Å². The van der Waals surface area contributed by atoms with Crippen molar-refractivity contribution in [2.45, 2.75) is 36.3 Å². The molecule has 1 heterocycles. The zero-order chi connectivity index (χ0) is 19.5. The monoisotopic (exact) mass is 390 g/mol. The minimum Gasteiger partial charge on any atom is -0.491 e. The molecular formula is C23H22N2O2S. The summed E-state index contributed by atoms with van der Waals surface area (Å²) in [4.78, 5) is 17.0. The van der Waals surface area contributed by atoms with Crippen molar-refractivity contribution in [2.24, 2.45) is 0 Å². The van der Waals surface area contributed by atoms with Crippen molar-refractivity contribution >= 4 is 29.2 Å². The third-order valence-corrected chi connectivity index (χ3v) is 5.50. The Morgan fingerprint density at radius 1 is 0.929 bits per heavy atom. The van der Waals surface area contributed by atoms with Gasteiger partial charge in [0.1, 0.15) is 5.75 Å². The first-order valence-corrected chi connectivity index (χ1v) is 10.1. The third-order valence-electron chi connectivity index (χ3n) is 4.37. The minimum atomic E-state index is -0.136. The van der Waals surface area contributed by atoms with Gasteiger partial charge in [-0.25, -0.2) is 4.79 Å². The summed E-state index contributed by atoms with van der Waals surface area (Å²) in [5.41, 5.74) is 2.84. The lowest BCUT2D eigenvalue weighted by Gasteiger charge is -2.31. The van der Waals surface area contributed by atoms with Crippen LogP contribution in [0, 0.1) is 0 Å². The Morgan fingerprint density at radius 3 is 2.07 bits per heavy atom. The summed E-state index contributed by atoms with van der Waals surface area (Å²) in [7, 11) is 0. The van der Waals surface area contributed by atoms with Crippen LogP contribution in [0.25, 0.3) is 0 Å². The summed E-state index contributed by atoms with van der Waals surface area (Å²) in [6.07, 6.45) is 0.141. The molecule has 5 heteroatoms. The van der Waals surface area contributed by atoms with Gasteiger partial charge in [-0.1, -0.05) is 48.2 Å². The van der Waals surface area contributed by atoms with Crippen LogP contribution >= 0.6 is 11.8 Å². The van der Waals surface area contributed by atoms with Crippen molar-refractivity contribution in [1.82, 2.24) is 5.32 Å². The highest BCUT2D eigenvalue weighted by Crippen LogP contribution is 2.47. The van der Waals surface area contributed by atoms with E-state index < -0.39 is 0 Å². The van der Waals surface area contributed by atoms with Gasteiger partial charge in [0.25, 0.3) is 0 Å². The van der Waals surface area contributed by atoms with Crippen LogP contribution in [0.3, 0.4) is 0 Å². The number of amides is 2. The molecule has 3 aromatic carbocycles. The highest BCUT2D eigenvalue weighted by molar-refractivity contribution is 7.99. The normalized spacial score (nSPS) is 12.3. The Labute approximate surface area is 169 Å². The smallest absolute Gasteiger partial charge is 0.326 e. The van der Waals surface area contributed by atoms with Crippen molar-refractivity contribution < 1.29 is 9.53 Å². The predicted octanol–water partition coefficient (Wildman–Crippen LogP) is 5.99. The van der Waals surface area contributed by atoms with Gasteiger partial charge in [-0.2, -0.15) is 0 Å². The molecule has 142 valence electrons. The number of urea groups is 1. The molecule has 2 amide bonds. The molecule has 0 saturated heterocycles. The molecule has 4 nitrogen and oxygen atoms in total. The standard InChI is InChI=1S/C23H22N2O2S/c1-16(2)27-18-13-11-17(12-14-18)15-24-23(26)25-19-7-3-5-9-21(19)28-22-10-6-4-8-20(22)25/h3-14,16H,15H2,1-2H3,(H,24,26). The van der Waals surface area contributed by atoms with Crippen molar-refractivity contribution in [2.75, 3.05) is 4.90 Å². The second-order valence-electron chi connectivity index (χ2n) is 6.84. The van der Waals surface area contributed by atoms with E-state index in [0.717, 1.165) is 32.5 Å². The summed E-state index contributed by atoms with van der Waals surface area (Å²) in [6, 6.07) is 23.7. The number of hydrogen-bond donors (Lipinski definition) is 1. The molecule has 0 unspecified atom stereocenters. The van der Waals surface area contributed by atoms with Crippen molar-refractivity contribution in [3.05, 3.63) is 78.4 Å². The predicted molar refractivity (Wildman–Crippen MR) is 114 cm³/mol. The number of ether oxygens (including phenoxy) is 1. The topological polar surface area (TPSA) is 41.6 Å². The van der Waals surface area contributed by atoms with Gasteiger partial charge in [0.2, 0.25) is 0 Å². The van der Waals surface area contributed by atoms with E-state index in [9.17, 15) is 4.79 Å². The molecule has 28 heavy (non-hydrogen) atoms. The Balaban J connectivity index is 1.52. The van der Waals surface area contributed by atoms with Crippen LogP contribution in [0.2, 0.25) is 0 Å². The van der Waals surface area contributed by atoms with E-state index in [-0.39, 0.29) is 12.1 Å². The fourth-order valence-electron chi connectivity index (χ4n) is 3.14. The molecule has 1 N–H and O–H groups in total. The summed E-state index contributed by atoms with van der Waals surface area (Å²) in [5.74, 6) is 0.834. The summed E-state index contributed by atoms with van der Waals surface area (Å²) < 4.78 is 5.67.